The van der Waals surface area contributed by atoms with Crippen LogP contribution in [0.5, 0.6) is 5.75 Å². The van der Waals surface area contributed by atoms with Crippen molar-refractivity contribution in [2.75, 3.05) is 10.6 Å². The second-order valence-corrected chi connectivity index (χ2v) is 9.24. The van der Waals surface area contributed by atoms with E-state index in [1.54, 1.807) is 30.3 Å². The van der Waals surface area contributed by atoms with Crippen LogP contribution in [0.1, 0.15) is 45.7 Å². The summed E-state index contributed by atoms with van der Waals surface area (Å²) in [5.74, 6) is 0.855. The molecule has 0 aliphatic heterocycles. The molecule has 2 N–H and O–H groups in total. The van der Waals surface area contributed by atoms with Crippen molar-refractivity contribution in [3.8, 4) is 5.75 Å². The topological polar surface area (TPSA) is 59.1 Å². The van der Waals surface area contributed by atoms with E-state index in [9.17, 15) is 13.2 Å². The molecule has 3 aromatic rings. The quantitative estimate of drug-likeness (QED) is 0.387. The van der Waals surface area contributed by atoms with E-state index in [0.29, 0.717) is 23.0 Å². The Labute approximate surface area is 192 Å². The standard InChI is InChI=1S/C25H29F3N4O/c1-16(2)13-17-7-6-8-19(14-17)30-22-21(25(26,27)28)15-29-23(32-22)31-18-9-11-20(12-10-18)33-24(3,4)5/h6-12,14-16H,13H2,1-5H3,(H2,29,30,31,32). The number of nitrogens with one attached hydrogen (secondary N) is 2. The highest BCUT2D eigenvalue weighted by atomic mass is 19.4. The number of rotatable bonds is 7. The van der Waals surface area contributed by atoms with Gasteiger partial charge in [-0.25, -0.2) is 4.98 Å². The van der Waals surface area contributed by atoms with Crippen molar-refractivity contribution in [2.24, 2.45) is 5.92 Å². The van der Waals surface area contributed by atoms with Crippen molar-refractivity contribution < 1.29 is 17.9 Å². The predicted molar refractivity (Wildman–Crippen MR) is 125 cm³/mol. The lowest BCUT2D eigenvalue weighted by molar-refractivity contribution is -0.137. The van der Waals surface area contributed by atoms with Crippen LogP contribution in [0.3, 0.4) is 0 Å². The number of hydrogen-bond donors (Lipinski definition) is 2. The maximum atomic E-state index is 13.6. The van der Waals surface area contributed by atoms with Crippen LogP contribution in [0.25, 0.3) is 0 Å². The van der Waals surface area contributed by atoms with Gasteiger partial charge in [0.25, 0.3) is 0 Å². The van der Waals surface area contributed by atoms with Crippen LogP contribution in [-0.2, 0) is 12.6 Å². The van der Waals surface area contributed by atoms with E-state index in [2.05, 4.69) is 34.4 Å². The highest BCUT2D eigenvalue weighted by Crippen LogP contribution is 2.35. The molecule has 1 aromatic heterocycles. The molecule has 0 spiro atoms. The smallest absolute Gasteiger partial charge is 0.421 e. The van der Waals surface area contributed by atoms with Gasteiger partial charge in [-0.15, -0.1) is 0 Å². The zero-order valence-electron chi connectivity index (χ0n) is 19.4. The molecular weight excluding hydrogens is 429 g/mol. The average Bonchev–Trinajstić information content (AvgIpc) is 2.67. The number of aromatic nitrogens is 2. The monoisotopic (exact) mass is 458 g/mol. The minimum Gasteiger partial charge on any atom is -0.488 e. The molecule has 0 unspecified atom stereocenters. The summed E-state index contributed by atoms with van der Waals surface area (Å²) in [6, 6.07) is 14.4. The van der Waals surface area contributed by atoms with Gasteiger partial charge in [0.1, 0.15) is 22.7 Å². The van der Waals surface area contributed by atoms with E-state index in [4.69, 9.17) is 4.74 Å². The zero-order chi connectivity index (χ0) is 24.2. The first-order valence-corrected chi connectivity index (χ1v) is 10.8. The Bertz CT molecular complexity index is 1070. The number of nitrogens with zero attached hydrogens (tertiary/aromatic N) is 2. The summed E-state index contributed by atoms with van der Waals surface area (Å²) in [4.78, 5) is 7.99. The molecule has 8 heteroatoms. The van der Waals surface area contributed by atoms with Gasteiger partial charge in [0.15, 0.2) is 0 Å². The predicted octanol–water partition coefficient (Wildman–Crippen LogP) is 7.36. The Morgan fingerprint density at radius 2 is 1.64 bits per heavy atom. The number of halogens is 3. The fraction of sp³-hybridized carbons (Fsp3) is 0.360. The molecule has 176 valence electrons. The lowest BCUT2D eigenvalue weighted by atomic mass is 10.0. The van der Waals surface area contributed by atoms with Gasteiger partial charge in [-0.3, -0.25) is 0 Å². The Kier molecular flexibility index (Phi) is 7.15. The highest BCUT2D eigenvalue weighted by molar-refractivity contribution is 5.63. The van der Waals surface area contributed by atoms with Crippen LogP contribution in [0.4, 0.5) is 36.3 Å². The van der Waals surface area contributed by atoms with Crippen molar-refractivity contribution >= 4 is 23.1 Å². The normalized spacial score (nSPS) is 12.0. The molecule has 2 aromatic carbocycles. The minimum atomic E-state index is -4.59. The third-order valence-electron chi connectivity index (χ3n) is 4.46. The van der Waals surface area contributed by atoms with E-state index < -0.39 is 11.7 Å². The molecule has 0 fully saturated rings. The lowest BCUT2D eigenvalue weighted by Gasteiger charge is -2.21. The van der Waals surface area contributed by atoms with Gasteiger partial charge in [-0.1, -0.05) is 26.0 Å². The van der Waals surface area contributed by atoms with Crippen LogP contribution < -0.4 is 15.4 Å². The van der Waals surface area contributed by atoms with E-state index in [0.717, 1.165) is 18.2 Å². The summed E-state index contributed by atoms with van der Waals surface area (Å²) in [6.45, 7) is 10.0. The third-order valence-corrected chi connectivity index (χ3v) is 4.46. The van der Waals surface area contributed by atoms with Gasteiger partial charge in [0.05, 0.1) is 0 Å². The number of hydrogen-bond acceptors (Lipinski definition) is 5. The molecule has 0 saturated heterocycles. The third kappa shape index (κ3) is 7.37. The lowest BCUT2D eigenvalue weighted by Crippen LogP contribution is -2.22. The van der Waals surface area contributed by atoms with Crippen molar-refractivity contribution in [3.05, 3.63) is 65.9 Å². The number of benzene rings is 2. The first-order valence-electron chi connectivity index (χ1n) is 10.8. The summed E-state index contributed by atoms with van der Waals surface area (Å²) in [7, 11) is 0. The summed E-state index contributed by atoms with van der Waals surface area (Å²) in [5.41, 5.74) is 0.927. The van der Waals surface area contributed by atoms with Gasteiger partial charge in [-0.2, -0.15) is 18.2 Å². The summed E-state index contributed by atoms with van der Waals surface area (Å²) in [6.07, 6.45) is -2.98. The Balaban J connectivity index is 1.85. The highest BCUT2D eigenvalue weighted by Gasteiger charge is 2.35. The van der Waals surface area contributed by atoms with Crippen molar-refractivity contribution in [2.45, 2.75) is 52.8 Å². The fourth-order valence-corrected chi connectivity index (χ4v) is 3.22. The molecule has 0 saturated carbocycles. The van der Waals surface area contributed by atoms with Gasteiger partial charge in [-0.05, 0) is 75.1 Å². The number of anilines is 4. The van der Waals surface area contributed by atoms with Gasteiger partial charge in [0, 0.05) is 17.6 Å². The number of ether oxygens (including phenoxy) is 1. The Morgan fingerprint density at radius 1 is 0.939 bits per heavy atom. The van der Waals surface area contributed by atoms with Crippen LogP contribution >= 0.6 is 0 Å². The first kappa shape index (κ1) is 24.4. The summed E-state index contributed by atoms with van der Waals surface area (Å²) in [5, 5.41) is 5.77. The SMILES string of the molecule is CC(C)Cc1cccc(Nc2nc(Nc3ccc(OC(C)(C)C)cc3)ncc2C(F)(F)F)c1. The summed E-state index contributed by atoms with van der Waals surface area (Å²) >= 11 is 0. The molecule has 0 aliphatic rings. The molecule has 0 atom stereocenters. The molecule has 0 aliphatic carbocycles. The molecule has 5 nitrogen and oxygen atoms in total. The van der Waals surface area contributed by atoms with Crippen LogP contribution in [-0.4, -0.2) is 15.6 Å². The zero-order valence-corrected chi connectivity index (χ0v) is 19.4. The molecule has 1 heterocycles. The van der Waals surface area contributed by atoms with Gasteiger partial charge in [0.2, 0.25) is 5.95 Å². The van der Waals surface area contributed by atoms with E-state index >= 15 is 0 Å². The molecular formula is C25H29F3N4O. The van der Waals surface area contributed by atoms with E-state index in [1.807, 2.05) is 39.0 Å². The second-order valence-electron chi connectivity index (χ2n) is 9.24. The van der Waals surface area contributed by atoms with Crippen molar-refractivity contribution in [1.82, 2.24) is 9.97 Å². The fourth-order valence-electron chi connectivity index (χ4n) is 3.22. The molecule has 33 heavy (non-hydrogen) atoms. The number of alkyl halides is 3. The Hall–Kier alpha value is -3.29. The van der Waals surface area contributed by atoms with Crippen LogP contribution in [0, 0.1) is 5.92 Å². The maximum absolute atomic E-state index is 13.6. The minimum absolute atomic E-state index is 0.0494. The second kappa shape index (κ2) is 9.68. The maximum Gasteiger partial charge on any atom is 0.421 e. The molecule has 0 radical (unpaired) electrons. The Morgan fingerprint density at radius 3 is 2.24 bits per heavy atom. The van der Waals surface area contributed by atoms with Crippen LogP contribution in [0.2, 0.25) is 0 Å². The first-order chi connectivity index (χ1) is 15.4. The van der Waals surface area contributed by atoms with Crippen molar-refractivity contribution in [1.29, 1.82) is 0 Å². The summed E-state index contributed by atoms with van der Waals surface area (Å²) < 4.78 is 46.5. The molecule has 0 bridgehead atoms. The average molecular weight is 459 g/mol. The largest absolute Gasteiger partial charge is 0.488 e. The van der Waals surface area contributed by atoms with E-state index in [1.165, 1.54) is 0 Å². The molecule has 3 rings (SSSR count). The van der Waals surface area contributed by atoms with Gasteiger partial charge >= 0.3 is 6.18 Å². The van der Waals surface area contributed by atoms with Crippen LogP contribution in [0.15, 0.2) is 54.7 Å². The van der Waals surface area contributed by atoms with Crippen molar-refractivity contribution in [3.63, 3.8) is 0 Å². The molecule has 0 amide bonds. The van der Waals surface area contributed by atoms with E-state index in [-0.39, 0.29) is 17.4 Å². The van der Waals surface area contributed by atoms with Gasteiger partial charge < -0.3 is 15.4 Å².